The molecule has 17 heavy (non-hydrogen) atoms. The first-order chi connectivity index (χ1) is 8.33. The molecule has 0 bridgehead atoms. The van der Waals surface area contributed by atoms with Gasteiger partial charge in [0.1, 0.15) is 0 Å². The Morgan fingerprint density at radius 1 is 1.29 bits per heavy atom. The van der Waals surface area contributed by atoms with Gasteiger partial charge < -0.3 is 15.6 Å². The Labute approximate surface area is 105 Å². The predicted molar refractivity (Wildman–Crippen MR) is 74.7 cm³/mol. The minimum Gasteiger partial charge on any atom is -0.399 e. The lowest BCUT2D eigenvalue weighted by Crippen LogP contribution is -2.26. The second-order valence-corrected chi connectivity index (χ2v) is 5.51. The molecule has 0 spiro atoms. The van der Waals surface area contributed by atoms with E-state index in [0.717, 1.165) is 35.8 Å². The van der Waals surface area contributed by atoms with Gasteiger partial charge >= 0.3 is 0 Å². The van der Waals surface area contributed by atoms with Crippen LogP contribution in [-0.2, 0) is 0 Å². The maximum atomic E-state index is 5.77. The van der Waals surface area contributed by atoms with Crippen molar-refractivity contribution in [2.45, 2.75) is 6.42 Å². The van der Waals surface area contributed by atoms with E-state index in [4.69, 9.17) is 5.73 Å². The molecule has 1 fully saturated rings. The van der Waals surface area contributed by atoms with E-state index in [-0.39, 0.29) is 0 Å². The third-order valence-corrected chi connectivity index (χ3v) is 4.06. The molecule has 0 amide bonds. The van der Waals surface area contributed by atoms with Crippen molar-refractivity contribution in [2.75, 3.05) is 35.2 Å². The molecule has 0 atom stereocenters. The maximum Gasteiger partial charge on any atom is 0.203 e. The van der Waals surface area contributed by atoms with Crippen LogP contribution in [0.15, 0.2) is 18.2 Å². The Hall–Kier alpha value is -1.36. The summed E-state index contributed by atoms with van der Waals surface area (Å²) in [5.41, 5.74) is 8.57. The van der Waals surface area contributed by atoms with Crippen LogP contribution < -0.4 is 10.6 Å². The van der Waals surface area contributed by atoms with Gasteiger partial charge in [0.15, 0.2) is 0 Å². The lowest BCUT2D eigenvalue weighted by atomic mass is 10.3. The van der Waals surface area contributed by atoms with Crippen molar-refractivity contribution in [2.24, 2.45) is 0 Å². The van der Waals surface area contributed by atoms with E-state index in [2.05, 4.69) is 14.9 Å². The molecule has 0 aliphatic carbocycles. The van der Waals surface area contributed by atoms with Gasteiger partial charge in [0.25, 0.3) is 0 Å². The zero-order valence-electron chi connectivity index (χ0n) is 9.65. The number of hydrogen-bond acceptors (Lipinski definition) is 4. The predicted octanol–water partition coefficient (Wildman–Crippen LogP) is 2.09. The highest BCUT2D eigenvalue weighted by Gasteiger charge is 2.13. The van der Waals surface area contributed by atoms with Crippen LogP contribution in [0.4, 0.5) is 11.6 Å². The number of benzene rings is 1. The number of aromatic amines is 1. The van der Waals surface area contributed by atoms with Crippen LogP contribution in [0.1, 0.15) is 6.42 Å². The molecule has 1 aliphatic heterocycles. The smallest absolute Gasteiger partial charge is 0.203 e. The van der Waals surface area contributed by atoms with Gasteiger partial charge in [-0.3, -0.25) is 0 Å². The first-order valence-electron chi connectivity index (χ1n) is 5.91. The average molecular weight is 248 g/mol. The molecule has 90 valence electrons. The number of aromatic nitrogens is 2. The number of anilines is 2. The number of nitrogens with zero attached hydrogens (tertiary/aromatic N) is 2. The maximum absolute atomic E-state index is 5.77. The molecular formula is C12H16N4S. The summed E-state index contributed by atoms with van der Waals surface area (Å²) >= 11 is 2.02. The quantitative estimate of drug-likeness (QED) is 0.759. The summed E-state index contributed by atoms with van der Waals surface area (Å²) in [6, 6.07) is 5.81. The molecule has 1 aromatic carbocycles. The molecule has 4 nitrogen and oxygen atoms in total. The van der Waals surface area contributed by atoms with E-state index >= 15 is 0 Å². The number of hydrogen-bond donors (Lipinski definition) is 2. The Morgan fingerprint density at radius 2 is 2.24 bits per heavy atom. The second kappa shape index (κ2) is 4.49. The van der Waals surface area contributed by atoms with Gasteiger partial charge in [0.05, 0.1) is 11.0 Å². The number of fused-ring (bicyclic) bond motifs is 1. The van der Waals surface area contributed by atoms with Crippen molar-refractivity contribution >= 4 is 34.4 Å². The second-order valence-electron chi connectivity index (χ2n) is 4.29. The Balaban J connectivity index is 1.93. The summed E-state index contributed by atoms with van der Waals surface area (Å²) in [5.74, 6) is 3.41. The summed E-state index contributed by atoms with van der Waals surface area (Å²) in [5, 5.41) is 0. The molecule has 1 saturated heterocycles. The molecule has 5 heteroatoms. The van der Waals surface area contributed by atoms with Crippen molar-refractivity contribution in [3.63, 3.8) is 0 Å². The van der Waals surface area contributed by atoms with Crippen molar-refractivity contribution in [3.05, 3.63) is 18.2 Å². The van der Waals surface area contributed by atoms with Gasteiger partial charge in [-0.15, -0.1) is 0 Å². The fourth-order valence-corrected chi connectivity index (χ4v) is 3.01. The molecule has 1 aromatic heterocycles. The average Bonchev–Trinajstić information content (AvgIpc) is 2.57. The zero-order chi connectivity index (χ0) is 11.7. The molecule has 2 aromatic rings. The number of imidazole rings is 1. The third kappa shape index (κ3) is 2.20. The van der Waals surface area contributed by atoms with Crippen molar-refractivity contribution in [3.8, 4) is 0 Å². The van der Waals surface area contributed by atoms with E-state index in [1.807, 2.05) is 30.0 Å². The summed E-state index contributed by atoms with van der Waals surface area (Å²) in [6.07, 6.45) is 1.23. The van der Waals surface area contributed by atoms with Gasteiger partial charge in [-0.2, -0.15) is 11.8 Å². The summed E-state index contributed by atoms with van der Waals surface area (Å²) < 4.78 is 0. The van der Waals surface area contributed by atoms with Gasteiger partial charge in [-0.05, 0) is 30.4 Å². The number of nitrogens with two attached hydrogens (primary N) is 1. The van der Waals surface area contributed by atoms with E-state index in [1.165, 1.54) is 17.9 Å². The van der Waals surface area contributed by atoms with Crippen molar-refractivity contribution in [1.29, 1.82) is 0 Å². The van der Waals surface area contributed by atoms with E-state index in [9.17, 15) is 0 Å². The lowest BCUT2D eigenvalue weighted by molar-refractivity contribution is 0.793. The minimum atomic E-state index is 0.777. The zero-order valence-corrected chi connectivity index (χ0v) is 10.5. The Kier molecular flexibility index (Phi) is 2.84. The molecule has 3 N–H and O–H groups in total. The van der Waals surface area contributed by atoms with E-state index in [1.54, 1.807) is 0 Å². The topological polar surface area (TPSA) is 57.9 Å². The van der Waals surface area contributed by atoms with Gasteiger partial charge in [0, 0.05) is 24.5 Å². The minimum absolute atomic E-state index is 0.777. The fraction of sp³-hybridized carbons (Fsp3) is 0.417. The standard InChI is InChI=1S/C12H16N4S/c13-9-2-3-10-11(8-9)15-12(14-10)16-4-1-6-17-7-5-16/h2-3,8H,1,4-7,13H2,(H,14,15). The highest BCUT2D eigenvalue weighted by Crippen LogP contribution is 2.21. The highest BCUT2D eigenvalue weighted by atomic mass is 32.2. The van der Waals surface area contributed by atoms with Crippen LogP contribution in [0.2, 0.25) is 0 Å². The van der Waals surface area contributed by atoms with Crippen molar-refractivity contribution < 1.29 is 0 Å². The van der Waals surface area contributed by atoms with Crippen LogP contribution in [0.5, 0.6) is 0 Å². The molecule has 0 radical (unpaired) electrons. The summed E-state index contributed by atoms with van der Waals surface area (Å²) in [6.45, 7) is 2.16. The van der Waals surface area contributed by atoms with Gasteiger partial charge in [-0.25, -0.2) is 4.98 Å². The van der Waals surface area contributed by atoms with Crippen LogP contribution in [0.3, 0.4) is 0 Å². The number of rotatable bonds is 1. The van der Waals surface area contributed by atoms with E-state index in [0.29, 0.717) is 0 Å². The molecule has 1 aliphatic rings. The van der Waals surface area contributed by atoms with Gasteiger partial charge in [0.2, 0.25) is 5.95 Å². The van der Waals surface area contributed by atoms with Crippen LogP contribution in [-0.4, -0.2) is 34.6 Å². The summed E-state index contributed by atoms with van der Waals surface area (Å²) in [4.78, 5) is 10.3. The summed E-state index contributed by atoms with van der Waals surface area (Å²) in [7, 11) is 0. The largest absolute Gasteiger partial charge is 0.399 e. The first-order valence-corrected chi connectivity index (χ1v) is 7.06. The SMILES string of the molecule is Nc1ccc2nc(N3CCCSCC3)[nH]c2c1. The van der Waals surface area contributed by atoms with Crippen molar-refractivity contribution in [1.82, 2.24) is 9.97 Å². The number of thioether (sulfide) groups is 1. The lowest BCUT2D eigenvalue weighted by Gasteiger charge is -2.18. The highest BCUT2D eigenvalue weighted by molar-refractivity contribution is 7.99. The molecule has 3 rings (SSSR count). The fourth-order valence-electron chi connectivity index (χ4n) is 2.12. The molecule has 0 unspecified atom stereocenters. The monoisotopic (exact) mass is 248 g/mol. The molecule has 2 heterocycles. The van der Waals surface area contributed by atoms with Gasteiger partial charge in [-0.1, -0.05) is 0 Å². The molecular weight excluding hydrogens is 232 g/mol. The number of nitrogen functional groups attached to an aromatic ring is 1. The number of nitrogens with one attached hydrogen (secondary N) is 1. The normalized spacial score (nSPS) is 17.3. The van der Waals surface area contributed by atoms with Crippen LogP contribution in [0.25, 0.3) is 11.0 Å². The number of H-pyrrole nitrogens is 1. The van der Waals surface area contributed by atoms with Crippen LogP contribution >= 0.6 is 11.8 Å². The van der Waals surface area contributed by atoms with E-state index < -0.39 is 0 Å². The van der Waals surface area contributed by atoms with Crippen LogP contribution in [0, 0.1) is 0 Å². The third-order valence-electron chi connectivity index (χ3n) is 3.02. The molecule has 0 saturated carbocycles. The Bertz CT molecular complexity index is 514. The first kappa shape index (κ1) is 10.8. The Morgan fingerprint density at radius 3 is 3.18 bits per heavy atom.